The Kier molecular flexibility index (Phi) is 5.35. The highest BCUT2D eigenvalue weighted by atomic mass is 19.4. The first kappa shape index (κ1) is 15.5. The molecule has 0 N–H and O–H groups in total. The summed E-state index contributed by atoms with van der Waals surface area (Å²) in [6.45, 7) is -0.855. The molecule has 0 radical (unpaired) electrons. The number of halogens is 3. The summed E-state index contributed by atoms with van der Waals surface area (Å²) in [4.78, 5) is 12.4. The lowest BCUT2D eigenvalue weighted by molar-refractivity contribution is -0.144. The fourth-order valence-electron chi connectivity index (χ4n) is 1.76. The Labute approximate surface area is 110 Å². The normalized spacial score (nSPS) is 11.7. The quantitative estimate of drug-likeness (QED) is 0.773. The van der Waals surface area contributed by atoms with Crippen LogP contribution in [-0.4, -0.2) is 37.7 Å². The highest BCUT2D eigenvalue weighted by Gasteiger charge is 2.29. The van der Waals surface area contributed by atoms with E-state index in [9.17, 15) is 18.0 Å². The van der Waals surface area contributed by atoms with Crippen molar-refractivity contribution in [3.63, 3.8) is 0 Å². The topological polar surface area (TPSA) is 29.5 Å². The van der Waals surface area contributed by atoms with Crippen molar-refractivity contribution in [2.24, 2.45) is 0 Å². The first-order valence-corrected chi connectivity index (χ1v) is 5.70. The molecule has 0 spiro atoms. The van der Waals surface area contributed by atoms with Gasteiger partial charge in [-0.2, -0.15) is 13.2 Å². The molecule has 0 heterocycles. The standard InChI is InChI=1S/C13H16F3NO2/c1-17(9-13(14,15)16)8-11-6-4-3-5-10(11)7-12(18)19-2/h3-6H,7-9H2,1-2H3. The third kappa shape index (κ3) is 5.74. The van der Waals surface area contributed by atoms with Crippen LogP contribution in [0.4, 0.5) is 13.2 Å². The molecule has 0 aliphatic carbocycles. The van der Waals surface area contributed by atoms with Crippen molar-refractivity contribution in [3.05, 3.63) is 35.4 Å². The Hall–Kier alpha value is -1.56. The maximum absolute atomic E-state index is 12.3. The molecular formula is C13H16F3NO2. The maximum Gasteiger partial charge on any atom is 0.401 e. The van der Waals surface area contributed by atoms with E-state index in [0.29, 0.717) is 11.1 Å². The van der Waals surface area contributed by atoms with Crippen molar-refractivity contribution < 1.29 is 22.7 Å². The van der Waals surface area contributed by atoms with E-state index in [4.69, 9.17) is 0 Å². The first-order valence-electron chi connectivity index (χ1n) is 5.70. The van der Waals surface area contributed by atoms with Gasteiger partial charge in [-0.05, 0) is 18.2 Å². The number of alkyl halides is 3. The minimum atomic E-state index is -4.23. The predicted molar refractivity (Wildman–Crippen MR) is 64.6 cm³/mol. The molecule has 0 bridgehead atoms. The van der Waals surface area contributed by atoms with E-state index in [1.807, 2.05) is 0 Å². The molecule has 0 aromatic heterocycles. The number of carbonyl (C=O) groups excluding carboxylic acids is 1. The predicted octanol–water partition coefficient (Wildman–Crippen LogP) is 2.40. The molecule has 1 rings (SSSR count). The fraction of sp³-hybridized carbons (Fsp3) is 0.462. The van der Waals surface area contributed by atoms with Crippen LogP contribution in [0.15, 0.2) is 24.3 Å². The van der Waals surface area contributed by atoms with Gasteiger partial charge in [0.1, 0.15) is 0 Å². The lowest BCUT2D eigenvalue weighted by Crippen LogP contribution is -2.30. The zero-order chi connectivity index (χ0) is 14.5. The van der Waals surface area contributed by atoms with Crippen LogP contribution in [0.1, 0.15) is 11.1 Å². The monoisotopic (exact) mass is 275 g/mol. The van der Waals surface area contributed by atoms with E-state index in [1.165, 1.54) is 14.2 Å². The lowest BCUT2D eigenvalue weighted by Gasteiger charge is -2.20. The second-order valence-corrected chi connectivity index (χ2v) is 4.31. The summed E-state index contributed by atoms with van der Waals surface area (Å²) < 4.78 is 41.3. The largest absolute Gasteiger partial charge is 0.469 e. The number of benzene rings is 1. The van der Waals surface area contributed by atoms with Crippen molar-refractivity contribution in [2.45, 2.75) is 19.1 Å². The molecule has 106 valence electrons. The Morgan fingerprint density at radius 2 is 1.84 bits per heavy atom. The number of methoxy groups -OCH3 is 1. The summed E-state index contributed by atoms with van der Waals surface area (Å²) in [6, 6.07) is 6.90. The zero-order valence-electron chi connectivity index (χ0n) is 10.8. The van der Waals surface area contributed by atoms with E-state index >= 15 is 0 Å². The number of hydrogen-bond donors (Lipinski definition) is 0. The molecule has 0 atom stereocenters. The average molecular weight is 275 g/mol. The Morgan fingerprint density at radius 1 is 1.26 bits per heavy atom. The molecule has 0 amide bonds. The Morgan fingerprint density at radius 3 is 2.37 bits per heavy atom. The third-order valence-corrected chi connectivity index (χ3v) is 2.57. The molecule has 6 heteroatoms. The van der Waals surface area contributed by atoms with E-state index in [-0.39, 0.29) is 13.0 Å². The molecule has 1 aromatic carbocycles. The number of rotatable bonds is 5. The summed E-state index contributed by atoms with van der Waals surface area (Å²) in [5.41, 5.74) is 1.38. The molecule has 0 fully saturated rings. The van der Waals surface area contributed by atoms with Gasteiger partial charge < -0.3 is 4.74 Å². The number of ether oxygens (including phenoxy) is 1. The second kappa shape index (κ2) is 6.56. The summed E-state index contributed by atoms with van der Waals surface area (Å²) in [5, 5.41) is 0. The van der Waals surface area contributed by atoms with Crippen molar-refractivity contribution >= 4 is 5.97 Å². The molecule has 0 aliphatic heterocycles. The molecule has 19 heavy (non-hydrogen) atoms. The first-order chi connectivity index (χ1) is 8.81. The van der Waals surface area contributed by atoms with Crippen LogP contribution in [0.3, 0.4) is 0 Å². The van der Waals surface area contributed by atoms with E-state index in [0.717, 1.165) is 4.90 Å². The van der Waals surface area contributed by atoms with E-state index < -0.39 is 18.7 Å². The number of nitrogens with zero attached hydrogens (tertiary/aromatic N) is 1. The van der Waals surface area contributed by atoms with E-state index in [1.54, 1.807) is 24.3 Å². The summed E-state index contributed by atoms with van der Waals surface area (Å²) in [5.74, 6) is -0.411. The summed E-state index contributed by atoms with van der Waals surface area (Å²) in [6.07, 6.45) is -4.17. The Bertz CT molecular complexity index is 432. The average Bonchev–Trinajstić information content (AvgIpc) is 2.29. The van der Waals surface area contributed by atoms with Gasteiger partial charge in [-0.3, -0.25) is 9.69 Å². The van der Waals surface area contributed by atoms with Crippen LogP contribution in [0.5, 0.6) is 0 Å². The van der Waals surface area contributed by atoms with Crippen molar-refractivity contribution in [3.8, 4) is 0 Å². The molecule has 0 unspecified atom stereocenters. The van der Waals surface area contributed by atoms with Crippen LogP contribution in [0, 0.1) is 0 Å². The van der Waals surface area contributed by atoms with Gasteiger partial charge in [-0.15, -0.1) is 0 Å². The van der Waals surface area contributed by atoms with Gasteiger partial charge in [-0.25, -0.2) is 0 Å². The number of hydrogen-bond acceptors (Lipinski definition) is 3. The van der Waals surface area contributed by atoms with Crippen LogP contribution >= 0.6 is 0 Å². The summed E-state index contributed by atoms with van der Waals surface area (Å²) >= 11 is 0. The van der Waals surface area contributed by atoms with Gasteiger partial charge in [0.15, 0.2) is 0 Å². The lowest BCUT2D eigenvalue weighted by atomic mass is 10.0. The number of esters is 1. The SMILES string of the molecule is COC(=O)Cc1ccccc1CN(C)CC(F)(F)F. The molecular weight excluding hydrogens is 259 g/mol. The van der Waals surface area contributed by atoms with Crippen molar-refractivity contribution in [2.75, 3.05) is 20.7 Å². The minimum Gasteiger partial charge on any atom is -0.469 e. The Balaban J connectivity index is 2.75. The highest BCUT2D eigenvalue weighted by molar-refractivity contribution is 5.72. The molecule has 0 aliphatic rings. The van der Waals surface area contributed by atoms with E-state index in [2.05, 4.69) is 4.74 Å². The molecule has 0 saturated heterocycles. The van der Waals surface area contributed by atoms with Gasteiger partial charge in [-0.1, -0.05) is 24.3 Å². The highest BCUT2D eigenvalue weighted by Crippen LogP contribution is 2.18. The van der Waals surface area contributed by atoms with Crippen molar-refractivity contribution in [1.82, 2.24) is 4.90 Å². The van der Waals surface area contributed by atoms with Crippen LogP contribution in [0.25, 0.3) is 0 Å². The smallest absolute Gasteiger partial charge is 0.401 e. The van der Waals surface area contributed by atoms with Gasteiger partial charge in [0, 0.05) is 6.54 Å². The van der Waals surface area contributed by atoms with Gasteiger partial charge in [0.05, 0.1) is 20.1 Å². The van der Waals surface area contributed by atoms with Gasteiger partial charge in [0.2, 0.25) is 0 Å². The third-order valence-electron chi connectivity index (χ3n) is 2.57. The number of carbonyl (C=O) groups is 1. The molecule has 1 aromatic rings. The molecule has 3 nitrogen and oxygen atoms in total. The fourth-order valence-corrected chi connectivity index (χ4v) is 1.76. The van der Waals surface area contributed by atoms with Gasteiger partial charge in [0.25, 0.3) is 0 Å². The van der Waals surface area contributed by atoms with Crippen LogP contribution in [-0.2, 0) is 22.5 Å². The second-order valence-electron chi connectivity index (χ2n) is 4.31. The van der Waals surface area contributed by atoms with Crippen LogP contribution in [0.2, 0.25) is 0 Å². The summed E-state index contributed by atoms with van der Waals surface area (Å²) in [7, 11) is 2.67. The van der Waals surface area contributed by atoms with Crippen LogP contribution < -0.4 is 0 Å². The van der Waals surface area contributed by atoms with Gasteiger partial charge >= 0.3 is 12.1 Å². The molecule has 0 saturated carbocycles. The minimum absolute atomic E-state index is 0.0620. The van der Waals surface area contributed by atoms with Crippen molar-refractivity contribution in [1.29, 1.82) is 0 Å². The zero-order valence-corrected chi connectivity index (χ0v) is 10.8. The maximum atomic E-state index is 12.3.